The summed E-state index contributed by atoms with van der Waals surface area (Å²) in [6.07, 6.45) is 2.26. The van der Waals surface area contributed by atoms with Crippen molar-refractivity contribution in [2.45, 2.75) is 26.2 Å². The first kappa shape index (κ1) is 11.5. The zero-order chi connectivity index (χ0) is 11.3. The van der Waals surface area contributed by atoms with Gasteiger partial charge in [-0.25, -0.2) is 4.79 Å². The van der Waals surface area contributed by atoms with Gasteiger partial charge in [0.1, 0.15) is 5.75 Å². The zero-order valence-electron chi connectivity index (χ0n) is 9.19. The molecule has 0 bridgehead atoms. The summed E-state index contributed by atoms with van der Waals surface area (Å²) < 4.78 is 4.97. The maximum atomic E-state index is 10.9. The highest BCUT2D eigenvalue weighted by Gasteiger charge is 2.03. The monoisotopic (exact) mass is 204 g/mol. The maximum absolute atomic E-state index is 10.9. The van der Waals surface area contributed by atoms with E-state index in [1.54, 1.807) is 0 Å². The van der Waals surface area contributed by atoms with Gasteiger partial charge in [0, 0.05) is 6.08 Å². The highest BCUT2D eigenvalue weighted by atomic mass is 16.5. The Morgan fingerprint density at radius 3 is 2.53 bits per heavy atom. The molecule has 0 heterocycles. The summed E-state index contributed by atoms with van der Waals surface area (Å²) in [7, 11) is 0. The Morgan fingerprint density at radius 2 is 2.07 bits per heavy atom. The number of rotatable bonds is 4. The van der Waals surface area contributed by atoms with Crippen LogP contribution in [0.2, 0.25) is 0 Å². The first-order chi connectivity index (χ1) is 7.17. The van der Waals surface area contributed by atoms with E-state index in [1.807, 2.05) is 24.3 Å². The smallest absolute Gasteiger partial charge is 0.335 e. The van der Waals surface area contributed by atoms with Crippen molar-refractivity contribution in [3.63, 3.8) is 0 Å². The molecule has 0 aliphatic heterocycles. The van der Waals surface area contributed by atoms with Crippen molar-refractivity contribution >= 4 is 5.97 Å². The van der Waals surface area contributed by atoms with Crippen molar-refractivity contribution in [1.82, 2.24) is 0 Å². The van der Waals surface area contributed by atoms with E-state index in [0.29, 0.717) is 11.7 Å². The van der Waals surface area contributed by atoms with E-state index in [0.717, 1.165) is 12.5 Å². The molecule has 2 nitrogen and oxygen atoms in total. The van der Waals surface area contributed by atoms with Gasteiger partial charge in [-0.05, 0) is 30.0 Å². The molecule has 0 N–H and O–H groups in total. The molecular formula is C13H16O2. The number of carbonyl (C=O) groups excluding carboxylic acids is 1. The molecule has 80 valence electrons. The molecule has 1 aromatic carbocycles. The van der Waals surface area contributed by atoms with E-state index < -0.39 is 5.97 Å². The van der Waals surface area contributed by atoms with Crippen molar-refractivity contribution in [1.29, 1.82) is 0 Å². The Kier molecular flexibility index (Phi) is 4.10. The molecule has 0 fully saturated rings. The van der Waals surface area contributed by atoms with Gasteiger partial charge in [0.05, 0.1) is 0 Å². The molecule has 0 spiro atoms. The first-order valence-electron chi connectivity index (χ1n) is 5.11. The van der Waals surface area contributed by atoms with Crippen LogP contribution in [0.4, 0.5) is 0 Å². The fraction of sp³-hybridized carbons (Fsp3) is 0.308. The predicted molar refractivity (Wildman–Crippen MR) is 61.0 cm³/mol. The van der Waals surface area contributed by atoms with Gasteiger partial charge in [0.15, 0.2) is 0 Å². The standard InChI is InChI=1S/C13H16O2/c1-4-10(3)11-6-8-12(9-7-11)15-13(14)5-2/h5-10H,2,4H2,1,3H3. The Labute approximate surface area is 90.6 Å². The summed E-state index contributed by atoms with van der Waals surface area (Å²) in [5.74, 6) is 0.674. The van der Waals surface area contributed by atoms with Gasteiger partial charge >= 0.3 is 5.97 Å². The molecule has 0 aliphatic rings. The third kappa shape index (κ3) is 3.24. The van der Waals surface area contributed by atoms with Gasteiger partial charge in [0.25, 0.3) is 0 Å². The zero-order valence-corrected chi connectivity index (χ0v) is 9.19. The Morgan fingerprint density at radius 1 is 1.47 bits per heavy atom. The molecule has 0 aliphatic carbocycles. The molecule has 0 saturated carbocycles. The molecule has 1 rings (SSSR count). The second kappa shape index (κ2) is 5.35. The van der Waals surface area contributed by atoms with Crippen molar-refractivity contribution in [2.75, 3.05) is 0 Å². The minimum Gasteiger partial charge on any atom is -0.423 e. The van der Waals surface area contributed by atoms with Crippen LogP contribution >= 0.6 is 0 Å². The quantitative estimate of drug-likeness (QED) is 0.427. The van der Waals surface area contributed by atoms with Crippen molar-refractivity contribution in [3.8, 4) is 5.75 Å². The van der Waals surface area contributed by atoms with Gasteiger partial charge in [-0.15, -0.1) is 0 Å². The first-order valence-corrected chi connectivity index (χ1v) is 5.11. The minimum absolute atomic E-state index is 0.425. The number of hydrogen-bond donors (Lipinski definition) is 0. The number of esters is 1. The van der Waals surface area contributed by atoms with Crippen LogP contribution in [0.25, 0.3) is 0 Å². The predicted octanol–water partition coefficient (Wildman–Crippen LogP) is 3.29. The van der Waals surface area contributed by atoms with Crippen molar-refractivity contribution in [3.05, 3.63) is 42.5 Å². The van der Waals surface area contributed by atoms with Crippen molar-refractivity contribution < 1.29 is 9.53 Å². The van der Waals surface area contributed by atoms with Gasteiger partial charge < -0.3 is 4.74 Å². The fourth-order valence-electron chi connectivity index (χ4n) is 1.26. The van der Waals surface area contributed by atoms with E-state index in [4.69, 9.17) is 4.74 Å². The Hall–Kier alpha value is -1.57. The van der Waals surface area contributed by atoms with E-state index in [9.17, 15) is 4.79 Å². The van der Waals surface area contributed by atoms with Crippen LogP contribution in [0, 0.1) is 0 Å². The molecular weight excluding hydrogens is 188 g/mol. The average molecular weight is 204 g/mol. The van der Waals surface area contributed by atoms with Crippen LogP contribution < -0.4 is 4.74 Å². The van der Waals surface area contributed by atoms with E-state index in [-0.39, 0.29) is 0 Å². The SMILES string of the molecule is C=CC(=O)Oc1ccc(C(C)CC)cc1. The topological polar surface area (TPSA) is 26.3 Å². The molecule has 0 radical (unpaired) electrons. The normalized spacial score (nSPS) is 11.9. The second-order valence-corrected chi connectivity index (χ2v) is 3.50. The summed E-state index contributed by atoms with van der Waals surface area (Å²) in [6.45, 7) is 7.66. The van der Waals surface area contributed by atoms with Crippen LogP contribution in [0.5, 0.6) is 5.75 Å². The lowest BCUT2D eigenvalue weighted by Crippen LogP contribution is -2.03. The maximum Gasteiger partial charge on any atom is 0.335 e. The highest BCUT2D eigenvalue weighted by molar-refractivity contribution is 5.83. The molecule has 2 heteroatoms. The van der Waals surface area contributed by atoms with Crippen LogP contribution in [-0.2, 0) is 4.79 Å². The summed E-state index contributed by atoms with van der Waals surface area (Å²) >= 11 is 0. The second-order valence-electron chi connectivity index (χ2n) is 3.50. The molecule has 15 heavy (non-hydrogen) atoms. The lowest BCUT2D eigenvalue weighted by Gasteiger charge is -2.09. The lowest BCUT2D eigenvalue weighted by atomic mass is 9.99. The van der Waals surface area contributed by atoms with Crippen LogP contribution in [0.15, 0.2) is 36.9 Å². The van der Waals surface area contributed by atoms with E-state index in [2.05, 4.69) is 20.4 Å². The van der Waals surface area contributed by atoms with Crippen LogP contribution in [0.1, 0.15) is 31.7 Å². The summed E-state index contributed by atoms with van der Waals surface area (Å²) in [4.78, 5) is 10.9. The summed E-state index contributed by atoms with van der Waals surface area (Å²) in [5.41, 5.74) is 1.26. The largest absolute Gasteiger partial charge is 0.423 e. The molecule has 0 amide bonds. The summed E-state index contributed by atoms with van der Waals surface area (Å²) in [6, 6.07) is 7.59. The molecule has 0 aromatic heterocycles. The number of benzene rings is 1. The third-order valence-electron chi connectivity index (χ3n) is 2.45. The van der Waals surface area contributed by atoms with Gasteiger partial charge in [-0.1, -0.05) is 32.6 Å². The van der Waals surface area contributed by atoms with Crippen LogP contribution in [-0.4, -0.2) is 5.97 Å². The van der Waals surface area contributed by atoms with E-state index in [1.165, 1.54) is 5.56 Å². The van der Waals surface area contributed by atoms with Gasteiger partial charge in [-0.2, -0.15) is 0 Å². The summed E-state index contributed by atoms with van der Waals surface area (Å²) in [5, 5.41) is 0. The molecule has 1 atom stereocenters. The molecule has 1 unspecified atom stereocenters. The number of hydrogen-bond acceptors (Lipinski definition) is 2. The molecule has 1 aromatic rings. The van der Waals surface area contributed by atoms with Crippen LogP contribution in [0.3, 0.4) is 0 Å². The van der Waals surface area contributed by atoms with Gasteiger partial charge in [-0.3, -0.25) is 0 Å². The lowest BCUT2D eigenvalue weighted by molar-refractivity contribution is -0.128. The minimum atomic E-state index is -0.425. The van der Waals surface area contributed by atoms with E-state index >= 15 is 0 Å². The van der Waals surface area contributed by atoms with Crippen molar-refractivity contribution in [2.24, 2.45) is 0 Å². The fourth-order valence-corrected chi connectivity index (χ4v) is 1.26. The Balaban J connectivity index is 2.72. The number of ether oxygens (including phenoxy) is 1. The Bertz CT molecular complexity index is 338. The van der Waals surface area contributed by atoms with Gasteiger partial charge in [0.2, 0.25) is 0 Å². The number of carbonyl (C=O) groups is 1. The third-order valence-corrected chi connectivity index (χ3v) is 2.45. The average Bonchev–Trinajstić information content (AvgIpc) is 2.29. The highest BCUT2D eigenvalue weighted by Crippen LogP contribution is 2.21. The molecule has 0 saturated heterocycles.